The first kappa shape index (κ1) is 12.4. The highest BCUT2D eigenvalue weighted by atomic mass is 35.5. The number of nitrogens with zero attached hydrogens (tertiary/aromatic N) is 1. The first-order valence-electron chi connectivity index (χ1n) is 5.66. The molecule has 3 aromatic rings. The Morgan fingerprint density at radius 3 is 2.40 bits per heavy atom. The van der Waals surface area contributed by atoms with Gasteiger partial charge >= 0.3 is 0 Å². The highest BCUT2D eigenvalue weighted by molar-refractivity contribution is 6.30. The minimum absolute atomic E-state index is 0.0314. The monoisotopic (exact) mass is 289 g/mol. The van der Waals surface area contributed by atoms with Crippen molar-refractivity contribution in [3.05, 3.63) is 56.2 Å². The third-order valence-corrected chi connectivity index (χ3v) is 3.18. The van der Waals surface area contributed by atoms with Crippen LogP contribution in [-0.4, -0.2) is 20.3 Å². The van der Waals surface area contributed by atoms with E-state index in [1.54, 1.807) is 24.3 Å². The summed E-state index contributed by atoms with van der Waals surface area (Å²) < 4.78 is 0. The maximum absolute atomic E-state index is 11.8. The highest BCUT2D eigenvalue weighted by Crippen LogP contribution is 2.31. The Morgan fingerprint density at radius 1 is 1.05 bits per heavy atom. The van der Waals surface area contributed by atoms with E-state index in [1.165, 1.54) is 6.20 Å². The van der Waals surface area contributed by atoms with Crippen molar-refractivity contribution < 1.29 is 5.11 Å². The van der Waals surface area contributed by atoms with Gasteiger partial charge in [-0.25, -0.2) is 0 Å². The van der Waals surface area contributed by atoms with E-state index >= 15 is 0 Å². The van der Waals surface area contributed by atoms with Crippen molar-refractivity contribution in [3.63, 3.8) is 0 Å². The molecule has 0 unspecified atom stereocenters. The molecule has 0 aliphatic carbocycles. The summed E-state index contributed by atoms with van der Waals surface area (Å²) in [5, 5.41) is 15.0. The van der Waals surface area contributed by atoms with Crippen LogP contribution in [0.4, 0.5) is 0 Å². The molecule has 0 atom stereocenters. The van der Waals surface area contributed by atoms with Gasteiger partial charge < -0.3 is 5.11 Å². The molecule has 0 fully saturated rings. The molecule has 0 saturated carbocycles. The average molecular weight is 290 g/mol. The van der Waals surface area contributed by atoms with E-state index in [2.05, 4.69) is 15.2 Å². The molecule has 2 heterocycles. The molecule has 0 radical (unpaired) electrons. The number of aromatic amines is 2. The van der Waals surface area contributed by atoms with Gasteiger partial charge in [0.2, 0.25) is 0 Å². The van der Waals surface area contributed by atoms with Crippen molar-refractivity contribution in [2.75, 3.05) is 0 Å². The fraction of sp³-hybridized carbons (Fsp3) is 0. The van der Waals surface area contributed by atoms with Crippen LogP contribution in [-0.2, 0) is 0 Å². The number of benzene rings is 1. The summed E-state index contributed by atoms with van der Waals surface area (Å²) in [5.74, 6) is -0.336. The van der Waals surface area contributed by atoms with Crippen LogP contribution >= 0.6 is 11.6 Å². The van der Waals surface area contributed by atoms with E-state index in [4.69, 9.17) is 11.6 Å². The minimum atomic E-state index is -0.588. The lowest BCUT2D eigenvalue weighted by molar-refractivity contribution is 0.481. The lowest BCUT2D eigenvalue weighted by atomic mass is 10.1. The van der Waals surface area contributed by atoms with Gasteiger partial charge in [-0.1, -0.05) is 23.7 Å². The number of rotatable bonds is 1. The lowest BCUT2D eigenvalue weighted by Gasteiger charge is -2.06. The number of pyridine rings is 1. The maximum Gasteiger partial charge on any atom is 0.274 e. The Labute approximate surface area is 116 Å². The van der Waals surface area contributed by atoms with Gasteiger partial charge in [0.25, 0.3) is 11.1 Å². The number of aromatic nitrogens is 3. The van der Waals surface area contributed by atoms with Crippen molar-refractivity contribution in [3.8, 4) is 17.0 Å². The van der Waals surface area contributed by atoms with Crippen molar-refractivity contribution in [1.29, 1.82) is 0 Å². The number of hydrogen-bond acceptors (Lipinski definition) is 4. The molecule has 100 valence electrons. The second kappa shape index (κ2) is 4.50. The van der Waals surface area contributed by atoms with E-state index in [9.17, 15) is 14.7 Å². The molecule has 0 spiro atoms. The standard InChI is InChI=1S/C13H8ClN3O3/c14-7-3-1-6(2-4-7)10-11(18)9-8(5-15-10)12(19)16-17-13(9)20/h1-5,18H,(H,16,19)(H,17,20). The van der Waals surface area contributed by atoms with Crippen molar-refractivity contribution >= 4 is 22.4 Å². The molecule has 0 amide bonds. The first-order valence-corrected chi connectivity index (χ1v) is 6.04. The van der Waals surface area contributed by atoms with Gasteiger partial charge in [-0.15, -0.1) is 0 Å². The van der Waals surface area contributed by atoms with Crippen LogP contribution in [0.5, 0.6) is 5.75 Å². The van der Waals surface area contributed by atoms with Crippen LogP contribution in [0.15, 0.2) is 40.1 Å². The third-order valence-electron chi connectivity index (χ3n) is 2.93. The number of hydrogen-bond donors (Lipinski definition) is 3. The zero-order valence-electron chi connectivity index (χ0n) is 9.98. The van der Waals surface area contributed by atoms with Gasteiger partial charge in [0.15, 0.2) is 5.75 Å². The zero-order chi connectivity index (χ0) is 14.3. The Balaban J connectivity index is 2.37. The summed E-state index contributed by atoms with van der Waals surface area (Å²) in [6.45, 7) is 0. The van der Waals surface area contributed by atoms with Crippen LogP contribution in [0.2, 0.25) is 5.02 Å². The van der Waals surface area contributed by atoms with Gasteiger partial charge in [0.05, 0.1) is 10.8 Å². The molecule has 3 N–H and O–H groups in total. The summed E-state index contributed by atoms with van der Waals surface area (Å²) in [4.78, 5) is 27.4. The van der Waals surface area contributed by atoms with Crippen LogP contribution in [0.1, 0.15) is 0 Å². The van der Waals surface area contributed by atoms with Crippen molar-refractivity contribution in [1.82, 2.24) is 15.2 Å². The van der Waals surface area contributed by atoms with E-state index in [1.807, 2.05) is 0 Å². The number of fused-ring (bicyclic) bond motifs is 1. The minimum Gasteiger partial charge on any atom is -0.505 e. The predicted octanol–water partition coefficient (Wildman–Crippen LogP) is 1.64. The lowest BCUT2D eigenvalue weighted by Crippen LogP contribution is -2.19. The normalized spacial score (nSPS) is 10.8. The summed E-state index contributed by atoms with van der Waals surface area (Å²) >= 11 is 5.80. The Morgan fingerprint density at radius 2 is 1.70 bits per heavy atom. The van der Waals surface area contributed by atoms with E-state index in [0.29, 0.717) is 10.6 Å². The van der Waals surface area contributed by atoms with E-state index in [0.717, 1.165) is 0 Å². The Hall–Kier alpha value is -2.60. The van der Waals surface area contributed by atoms with Gasteiger partial charge in [-0.2, -0.15) is 0 Å². The van der Waals surface area contributed by atoms with Crippen molar-refractivity contribution in [2.45, 2.75) is 0 Å². The van der Waals surface area contributed by atoms with Gasteiger partial charge in [0, 0.05) is 16.8 Å². The molecule has 0 saturated heterocycles. The fourth-order valence-electron chi connectivity index (χ4n) is 1.97. The van der Waals surface area contributed by atoms with Gasteiger partial charge in [0.1, 0.15) is 5.69 Å². The van der Waals surface area contributed by atoms with Crippen LogP contribution in [0.3, 0.4) is 0 Å². The molecular formula is C13H8ClN3O3. The van der Waals surface area contributed by atoms with Crippen LogP contribution in [0.25, 0.3) is 22.0 Å². The molecule has 20 heavy (non-hydrogen) atoms. The number of H-pyrrole nitrogens is 2. The summed E-state index contributed by atoms with van der Waals surface area (Å²) in [6, 6.07) is 6.61. The molecule has 2 aromatic heterocycles. The summed E-state index contributed by atoms with van der Waals surface area (Å²) in [5.41, 5.74) is -0.307. The number of nitrogens with one attached hydrogen (secondary N) is 2. The van der Waals surface area contributed by atoms with Crippen LogP contribution < -0.4 is 11.1 Å². The number of aromatic hydroxyl groups is 1. The molecule has 6 nitrogen and oxygen atoms in total. The molecule has 0 aliphatic rings. The first-order chi connectivity index (χ1) is 9.58. The molecular weight excluding hydrogens is 282 g/mol. The summed E-state index contributed by atoms with van der Waals surface area (Å²) in [6.07, 6.45) is 1.26. The molecule has 0 bridgehead atoms. The SMILES string of the molecule is O=c1[nH][nH]c(=O)c2c(O)c(-c3ccc(Cl)cc3)ncc12. The van der Waals surface area contributed by atoms with Gasteiger partial charge in [-0.3, -0.25) is 24.8 Å². The third kappa shape index (κ3) is 1.86. The summed E-state index contributed by atoms with van der Waals surface area (Å²) in [7, 11) is 0. The number of halogens is 1. The Kier molecular flexibility index (Phi) is 2.80. The molecule has 0 aliphatic heterocycles. The quantitative estimate of drug-likeness (QED) is 0.634. The molecule has 7 heteroatoms. The molecule has 3 rings (SSSR count). The Bertz CT molecular complexity index is 913. The predicted molar refractivity (Wildman–Crippen MR) is 75.1 cm³/mol. The second-order valence-electron chi connectivity index (χ2n) is 4.16. The fourth-order valence-corrected chi connectivity index (χ4v) is 2.09. The smallest absolute Gasteiger partial charge is 0.274 e. The largest absolute Gasteiger partial charge is 0.505 e. The maximum atomic E-state index is 11.8. The zero-order valence-corrected chi connectivity index (χ0v) is 10.7. The van der Waals surface area contributed by atoms with Crippen molar-refractivity contribution in [2.24, 2.45) is 0 Å². The van der Waals surface area contributed by atoms with Crippen LogP contribution in [0, 0.1) is 0 Å². The highest BCUT2D eigenvalue weighted by Gasteiger charge is 2.14. The second-order valence-corrected chi connectivity index (χ2v) is 4.60. The average Bonchev–Trinajstić information content (AvgIpc) is 2.44. The van der Waals surface area contributed by atoms with E-state index < -0.39 is 11.1 Å². The van der Waals surface area contributed by atoms with Gasteiger partial charge in [-0.05, 0) is 12.1 Å². The van der Waals surface area contributed by atoms with E-state index in [-0.39, 0.29) is 22.2 Å². The topological polar surface area (TPSA) is 98.8 Å². The molecule has 1 aromatic carbocycles.